The maximum atomic E-state index is 4.39. The zero-order chi connectivity index (χ0) is 12.4. The molecular weight excluding hydrogens is 224 g/mol. The third-order valence-electron chi connectivity index (χ3n) is 2.83. The van der Waals surface area contributed by atoms with Crippen molar-refractivity contribution in [1.29, 1.82) is 0 Å². The first-order valence-corrected chi connectivity index (χ1v) is 6.01. The summed E-state index contributed by atoms with van der Waals surface area (Å²) < 4.78 is 2.07. The molecule has 3 rings (SSSR count). The lowest BCUT2D eigenvalue weighted by Gasteiger charge is -2.07. The van der Waals surface area contributed by atoms with Gasteiger partial charge in [0.1, 0.15) is 12.1 Å². The van der Waals surface area contributed by atoms with E-state index in [-0.39, 0.29) is 0 Å². The summed E-state index contributed by atoms with van der Waals surface area (Å²) in [6, 6.07) is 12.1. The summed E-state index contributed by atoms with van der Waals surface area (Å²) in [7, 11) is 0. The number of imidazole rings is 1. The van der Waals surface area contributed by atoms with E-state index in [0.29, 0.717) is 0 Å². The number of rotatable bonds is 3. The lowest BCUT2D eigenvalue weighted by atomic mass is 10.3. The second-order valence-electron chi connectivity index (χ2n) is 4.03. The van der Waals surface area contributed by atoms with Gasteiger partial charge in [-0.3, -0.25) is 4.57 Å². The van der Waals surface area contributed by atoms with E-state index in [1.807, 2.05) is 42.9 Å². The molecule has 2 heterocycles. The van der Waals surface area contributed by atoms with E-state index in [9.17, 15) is 0 Å². The number of pyridine rings is 1. The van der Waals surface area contributed by atoms with Gasteiger partial charge in [-0.2, -0.15) is 0 Å². The van der Waals surface area contributed by atoms with Crippen LogP contribution < -0.4 is 5.32 Å². The molecule has 1 aromatic carbocycles. The average molecular weight is 238 g/mol. The van der Waals surface area contributed by atoms with Crippen molar-refractivity contribution >= 4 is 16.9 Å². The molecule has 0 bridgehead atoms. The Bertz CT molecular complexity index is 672. The summed E-state index contributed by atoms with van der Waals surface area (Å²) in [6.07, 6.45) is 3.65. The standard InChI is InChI=1S/C14H14N4/c1-2-15-14-9-11(7-8-16-14)18-10-17-12-5-3-4-6-13(12)18/h3-10H,2H2,1H3,(H,15,16). The van der Waals surface area contributed by atoms with Gasteiger partial charge in [0.15, 0.2) is 0 Å². The Balaban J connectivity index is 2.11. The molecule has 0 saturated heterocycles. The highest BCUT2D eigenvalue weighted by atomic mass is 15.1. The number of hydrogen-bond acceptors (Lipinski definition) is 3. The van der Waals surface area contributed by atoms with Gasteiger partial charge in [0.2, 0.25) is 0 Å². The monoisotopic (exact) mass is 238 g/mol. The molecule has 90 valence electrons. The van der Waals surface area contributed by atoms with Gasteiger partial charge in [-0.1, -0.05) is 12.1 Å². The molecule has 1 N–H and O–H groups in total. The summed E-state index contributed by atoms with van der Waals surface area (Å²) in [5.74, 6) is 0.882. The Morgan fingerprint density at radius 3 is 2.94 bits per heavy atom. The number of para-hydroxylation sites is 2. The SMILES string of the molecule is CCNc1cc(-n2cnc3ccccc32)ccn1. The number of benzene rings is 1. The van der Waals surface area contributed by atoms with E-state index in [0.717, 1.165) is 29.1 Å². The minimum Gasteiger partial charge on any atom is -0.370 e. The van der Waals surface area contributed by atoms with Gasteiger partial charge in [0.25, 0.3) is 0 Å². The molecule has 0 radical (unpaired) electrons. The molecule has 2 aromatic heterocycles. The van der Waals surface area contributed by atoms with Crippen LogP contribution in [0.4, 0.5) is 5.82 Å². The van der Waals surface area contributed by atoms with Crippen molar-refractivity contribution in [2.45, 2.75) is 6.92 Å². The fourth-order valence-electron chi connectivity index (χ4n) is 2.01. The Hall–Kier alpha value is -2.36. The summed E-state index contributed by atoms with van der Waals surface area (Å²) >= 11 is 0. The maximum absolute atomic E-state index is 4.39. The zero-order valence-electron chi connectivity index (χ0n) is 10.2. The van der Waals surface area contributed by atoms with Crippen LogP contribution in [0.15, 0.2) is 48.9 Å². The van der Waals surface area contributed by atoms with Crippen LogP contribution in [-0.4, -0.2) is 21.1 Å². The lowest BCUT2D eigenvalue weighted by molar-refractivity contribution is 1.07. The van der Waals surface area contributed by atoms with E-state index in [1.165, 1.54) is 0 Å². The first-order chi connectivity index (χ1) is 8.88. The van der Waals surface area contributed by atoms with Gasteiger partial charge in [0.05, 0.1) is 16.7 Å². The van der Waals surface area contributed by atoms with Crippen LogP contribution in [0.2, 0.25) is 0 Å². The molecule has 0 aliphatic carbocycles. The largest absolute Gasteiger partial charge is 0.370 e. The number of nitrogens with one attached hydrogen (secondary N) is 1. The van der Waals surface area contributed by atoms with Gasteiger partial charge in [-0.05, 0) is 25.1 Å². The molecule has 0 fully saturated rings. The second kappa shape index (κ2) is 4.49. The van der Waals surface area contributed by atoms with Crippen LogP contribution in [0.3, 0.4) is 0 Å². The molecule has 0 saturated carbocycles. The number of aromatic nitrogens is 3. The highest BCUT2D eigenvalue weighted by Crippen LogP contribution is 2.18. The van der Waals surface area contributed by atoms with Crippen LogP contribution in [0.1, 0.15) is 6.92 Å². The molecule has 0 unspecified atom stereocenters. The number of anilines is 1. The Kier molecular flexibility index (Phi) is 2.68. The Morgan fingerprint density at radius 2 is 2.06 bits per heavy atom. The molecule has 0 aliphatic heterocycles. The van der Waals surface area contributed by atoms with Gasteiger partial charge in [-0.25, -0.2) is 9.97 Å². The minimum absolute atomic E-state index is 0.862. The predicted molar refractivity (Wildman–Crippen MR) is 73.0 cm³/mol. The molecule has 0 spiro atoms. The topological polar surface area (TPSA) is 42.7 Å². The third-order valence-corrected chi connectivity index (χ3v) is 2.83. The third kappa shape index (κ3) is 1.82. The van der Waals surface area contributed by atoms with E-state index in [4.69, 9.17) is 0 Å². The quantitative estimate of drug-likeness (QED) is 0.763. The zero-order valence-corrected chi connectivity index (χ0v) is 10.2. The van der Waals surface area contributed by atoms with Crippen molar-refractivity contribution in [3.8, 4) is 5.69 Å². The molecule has 0 amide bonds. The highest BCUT2D eigenvalue weighted by molar-refractivity contribution is 5.77. The first-order valence-electron chi connectivity index (χ1n) is 6.01. The van der Waals surface area contributed by atoms with Gasteiger partial charge in [-0.15, -0.1) is 0 Å². The molecule has 3 aromatic rings. The summed E-state index contributed by atoms with van der Waals surface area (Å²) in [6.45, 7) is 2.92. The average Bonchev–Trinajstić information content (AvgIpc) is 2.83. The molecule has 0 atom stereocenters. The summed E-state index contributed by atoms with van der Waals surface area (Å²) in [4.78, 5) is 8.67. The predicted octanol–water partition coefficient (Wildman–Crippen LogP) is 2.85. The molecule has 4 nitrogen and oxygen atoms in total. The van der Waals surface area contributed by atoms with Gasteiger partial charge < -0.3 is 5.32 Å². The van der Waals surface area contributed by atoms with Crippen molar-refractivity contribution in [3.63, 3.8) is 0 Å². The van der Waals surface area contributed by atoms with Gasteiger partial charge >= 0.3 is 0 Å². The molecule has 18 heavy (non-hydrogen) atoms. The number of fused-ring (bicyclic) bond motifs is 1. The second-order valence-corrected chi connectivity index (χ2v) is 4.03. The van der Waals surface area contributed by atoms with Crippen molar-refractivity contribution in [1.82, 2.24) is 14.5 Å². The minimum atomic E-state index is 0.862. The van der Waals surface area contributed by atoms with E-state index in [2.05, 4.69) is 32.8 Å². The summed E-state index contributed by atoms with van der Waals surface area (Å²) in [5, 5.41) is 3.21. The highest BCUT2D eigenvalue weighted by Gasteiger charge is 2.04. The van der Waals surface area contributed by atoms with Crippen LogP contribution in [-0.2, 0) is 0 Å². The van der Waals surface area contributed by atoms with Crippen molar-refractivity contribution in [2.75, 3.05) is 11.9 Å². The number of nitrogens with zero attached hydrogens (tertiary/aromatic N) is 3. The van der Waals surface area contributed by atoms with E-state index >= 15 is 0 Å². The first kappa shape index (κ1) is 10.8. The van der Waals surface area contributed by atoms with Crippen molar-refractivity contribution in [3.05, 3.63) is 48.9 Å². The maximum Gasteiger partial charge on any atom is 0.127 e. The van der Waals surface area contributed by atoms with Crippen LogP contribution in [0.5, 0.6) is 0 Å². The lowest BCUT2D eigenvalue weighted by Crippen LogP contribution is -2.00. The number of hydrogen-bond donors (Lipinski definition) is 1. The van der Waals surface area contributed by atoms with E-state index in [1.54, 1.807) is 0 Å². The van der Waals surface area contributed by atoms with Crippen molar-refractivity contribution < 1.29 is 0 Å². The Morgan fingerprint density at radius 1 is 1.17 bits per heavy atom. The van der Waals surface area contributed by atoms with Gasteiger partial charge in [0, 0.05) is 18.8 Å². The van der Waals surface area contributed by atoms with Crippen LogP contribution in [0, 0.1) is 0 Å². The van der Waals surface area contributed by atoms with Crippen LogP contribution in [0.25, 0.3) is 16.7 Å². The Labute approximate surface area is 105 Å². The van der Waals surface area contributed by atoms with Crippen molar-refractivity contribution in [2.24, 2.45) is 0 Å². The fourth-order valence-corrected chi connectivity index (χ4v) is 2.01. The smallest absolute Gasteiger partial charge is 0.127 e. The van der Waals surface area contributed by atoms with Crippen LogP contribution >= 0.6 is 0 Å². The van der Waals surface area contributed by atoms with E-state index < -0.39 is 0 Å². The normalized spacial score (nSPS) is 10.7. The molecular formula is C14H14N4. The molecule has 0 aliphatic rings. The summed E-state index contributed by atoms with van der Waals surface area (Å²) in [5.41, 5.74) is 3.17. The molecule has 4 heteroatoms. The fraction of sp³-hybridized carbons (Fsp3) is 0.143.